The van der Waals surface area contributed by atoms with Gasteiger partial charge in [0.25, 0.3) is 5.56 Å². The number of pyridine rings is 2. The highest BCUT2D eigenvalue weighted by molar-refractivity contribution is 6.13. The van der Waals surface area contributed by atoms with Crippen molar-refractivity contribution in [3.05, 3.63) is 113 Å². The van der Waals surface area contributed by atoms with Crippen LogP contribution in [0, 0.1) is 0 Å². The molecule has 0 fully saturated rings. The van der Waals surface area contributed by atoms with E-state index in [2.05, 4.69) is 60.7 Å². The lowest BCUT2D eigenvalue weighted by Crippen LogP contribution is -2.24. The molecule has 4 aromatic carbocycles. The number of nitrogens with zero attached hydrogens (tertiary/aromatic N) is 2. The van der Waals surface area contributed by atoms with Gasteiger partial charge < -0.3 is 4.57 Å². The van der Waals surface area contributed by atoms with Gasteiger partial charge in [0.2, 0.25) is 0 Å². The average Bonchev–Trinajstić information content (AvgIpc) is 2.86. The molecule has 0 saturated carbocycles. The smallest absolute Gasteiger partial charge is 0.259 e. The number of aromatic nitrogens is 2. The number of fused-ring (bicyclic) bond motifs is 5. The largest absolute Gasteiger partial charge is 0.303 e. The second kappa shape index (κ2) is 6.38. The molecular weight excluding hydrogens is 392 g/mol. The molecule has 1 aliphatic heterocycles. The van der Waals surface area contributed by atoms with Crippen molar-refractivity contribution < 1.29 is 0 Å². The molecule has 0 radical (unpaired) electrons. The van der Waals surface area contributed by atoms with Gasteiger partial charge in [0.05, 0.1) is 17.8 Å². The Kier molecular flexibility index (Phi) is 3.48. The van der Waals surface area contributed by atoms with Crippen LogP contribution in [0.25, 0.3) is 54.8 Å². The van der Waals surface area contributed by atoms with E-state index in [1.807, 2.05) is 41.1 Å². The van der Waals surface area contributed by atoms with Crippen LogP contribution in [0.4, 0.5) is 0 Å². The predicted octanol–water partition coefficient (Wildman–Crippen LogP) is 6.40. The molecule has 0 bridgehead atoms. The molecule has 0 atom stereocenters. The van der Waals surface area contributed by atoms with Gasteiger partial charge in [-0.3, -0.25) is 9.78 Å². The minimum atomic E-state index is 0.0693. The average molecular weight is 410 g/mol. The highest BCUT2D eigenvalue weighted by Gasteiger charge is 2.23. The Labute approximate surface area is 184 Å². The standard InChI is InChI=1S/C29H18N2O/c32-29-24-12-6-5-11-23(24)26-16-20(27-22-10-4-1-7-18(22)13-14-30-27)15-25-21-9-3-2-8-19(21)17-31(29)28(25)26/h1-16H,17H2. The molecule has 3 heteroatoms. The fourth-order valence-corrected chi connectivity index (χ4v) is 5.22. The van der Waals surface area contributed by atoms with Crippen molar-refractivity contribution in [2.45, 2.75) is 6.54 Å². The molecular formula is C29H18N2O. The van der Waals surface area contributed by atoms with E-state index in [0.29, 0.717) is 6.54 Å². The van der Waals surface area contributed by atoms with Gasteiger partial charge in [-0.2, -0.15) is 0 Å². The first kappa shape index (κ1) is 17.4. The quantitative estimate of drug-likeness (QED) is 0.294. The summed E-state index contributed by atoms with van der Waals surface area (Å²) < 4.78 is 1.94. The molecule has 7 rings (SSSR count). The minimum absolute atomic E-state index is 0.0693. The molecule has 3 nitrogen and oxygen atoms in total. The zero-order chi connectivity index (χ0) is 21.2. The summed E-state index contributed by atoms with van der Waals surface area (Å²) in [5.41, 5.74) is 6.56. The van der Waals surface area contributed by atoms with Crippen molar-refractivity contribution in [1.82, 2.24) is 9.55 Å². The SMILES string of the molecule is O=c1c2ccccc2c2cc(-c3nccc4ccccc34)cc3c2n1Cc1ccccc1-3. The second-order valence-corrected chi connectivity index (χ2v) is 8.39. The maximum absolute atomic E-state index is 13.4. The molecule has 0 amide bonds. The van der Waals surface area contributed by atoms with Crippen molar-refractivity contribution in [1.29, 1.82) is 0 Å². The maximum Gasteiger partial charge on any atom is 0.259 e. The Morgan fingerprint density at radius 3 is 2.34 bits per heavy atom. The van der Waals surface area contributed by atoms with Crippen LogP contribution >= 0.6 is 0 Å². The Bertz CT molecular complexity index is 1770. The first-order chi connectivity index (χ1) is 15.8. The lowest BCUT2D eigenvalue weighted by Gasteiger charge is -2.24. The van der Waals surface area contributed by atoms with Crippen LogP contribution in [0.15, 0.2) is 102 Å². The lowest BCUT2D eigenvalue weighted by molar-refractivity contribution is 0.795. The highest BCUT2D eigenvalue weighted by atomic mass is 16.1. The summed E-state index contributed by atoms with van der Waals surface area (Å²) in [5, 5.41) is 5.14. The van der Waals surface area contributed by atoms with Crippen LogP contribution in [0.5, 0.6) is 0 Å². The van der Waals surface area contributed by atoms with Gasteiger partial charge in [-0.05, 0) is 46.2 Å². The van der Waals surface area contributed by atoms with Gasteiger partial charge in [0.1, 0.15) is 0 Å². The van der Waals surface area contributed by atoms with E-state index < -0.39 is 0 Å². The molecule has 0 saturated heterocycles. The molecule has 0 unspecified atom stereocenters. The summed E-state index contributed by atoms with van der Waals surface area (Å²) in [6.07, 6.45) is 1.88. The van der Waals surface area contributed by atoms with Crippen molar-refractivity contribution in [2.24, 2.45) is 0 Å². The monoisotopic (exact) mass is 410 g/mol. The molecule has 32 heavy (non-hydrogen) atoms. The zero-order valence-electron chi connectivity index (χ0n) is 17.2. The molecule has 2 aromatic heterocycles. The summed E-state index contributed by atoms with van der Waals surface area (Å²) in [7, 11) is 0. The van der Waals surface area contributed by atoms with Crippen LogP contribution in [0.1, 0.15) is 5.56 Å². The normalized spacial score (nSPS) is 12.4. The third kappa shape index (κ3) is 2.31. The van der Waals surface area contributed by atoms with E-state index in [1.165, 1.54) is 16.5 Å². The van der Waals surface area contributed by atoms with E-state index in [0.717, 1.165) is 43.9 Å². The van der Waals surface area contributed by atoms with E-state index in [9.17, 15) is 4.79 Å². The molecule has 0 N–H and O–H groups in total. The van der Waals surface area contributed by atoms with Gasteiger partial charge >= 0.3 is 0 Å². The van der Waals surface area contributed by atoms with Crippen LogP contribution in [0.3, 0.4) is 0 Å². The summed E-state index contributed by atoms with van der Waals surface area (Å²) in [6.45, 7) is 0.592. The molecule has 6 aromatic rings. The first-order valence-electron chi connectivity index (χ1n) is 10.8. The van der Waals surface area contributed by atoms with Crippen LogP contribution in [-0.2, 0) is 6.54 Å². The zero-order valence-corrected chi connectivity index (χ0v) is 17.2. The number of benzene rings is 4. The van der Waals surface area contributed by atoms with Gasteiger partial charge in [-0.15, -0.1) is 0 Å². The van der Waals surface area contributed by atoms with Crippen LogP contribution < -0.4 is 5.56 Å². The number of rotatable bonds is 1. The topological polar surface area (TPSA) is 34.9 Å². The summed E-state index contributed by atoms with van der Waals surface area (Å²) in [4.78, 5) is 18.2. The third-order valence-corrected chi connectivity index (χ3v) is 6.66. The maximum atomic E-state index is 13.4. The van der Waals surface area contributed by atoms with Gasteiger partial charge in [-0.25, -0.2) is 0 Å². The van der Waals surface area contributed by atoms with Crippen molar-refractivity contribution in [3.63, 3.8) is 0 Å². The van der Waals surface area contributed by atoms with Gasteiger partial charge in [0, 0.05) is 33.5 Å². The minimum Gasteiger partial charge on any atom is -0.303 e. The Morgan fingerprint density at radius 2 is 1.44 bits per heavy atom. The third-order valence-electron chi connectivity index (χ3n) is 6.66. The van der Waals surface area contributed by atoms with E-state index in [4.69, 9.17) is 4.98 Å². The molecule has 3 heterocycles. The molecule has 150 valence electrons. The number of hydrogen-bond acceptors (Lipinski definition) is 2. The Hall–Kier alpha value is -4.24. The van der Waals surface area contributed by atoms with Crippen LogP contribution in [-0.4, -0.2) is 9.55 Å². The predicted molar refractivity (Wildman–Crippen MR) is 131 cm³/mol. The van der Waals surface area contributed by atoms with E-state index in [-0.39, 0.29) is 5.56 Å². The fraction of sp³-hybridized carbons (Fsp3) is 0.0345. The second-order valence-electron chi connectivity index (χ2n) is 8.39. The fourth-order valence-electron chi connectivity index (χ4n) is 5.22. The lowest BCUT2D eigenvalue weighted by atomic mass is 9.89. The van der Waals surface area contributed by atoms with Crippen molar-refractivity contribution in [2.75, 3.05) is 0 Å². The molecule has 0 spiro atoms. The highest BCUT2D eigenvalue weighted by Crippen LogP contribution is 2.41. The summed E-state index contributed by atoms with van der Waals surface area (Å²) in [6, 6.07) is 31.2. The van der Waals surface area contributed by atoms with Crippen LogP contribution in [0.2, 0.25) is 0 Å². The Balaban J connectivity index is 1.70. The molecule has 0 aliphatic carbocycles. The van der Waals surface area contributed by atoms with E-state index >= 15 is 0 Å². The Morgan fingerprint density at radius 1 is 0.688 bits per heavy atom. The molecule has 1 aliphatic rings. The number of hydrogen-bond donors (Lipinski definition) is 0. The first-order valence-corrected chi connectivity index (χ1v) is 10.8. The van der Waals surface area contributed by atoms with Gasteiger partial charge in [0.15, 0.2) is 0 Å². The summed E-state index contributed by atoms with van der Waals surface area (Å²) in [5.74, 6) is 0. The van der Waals surface area contributed by atoms with Crippen molar-refractivity contribution >= 4 is 32.4 Å². The summed E-state index contributed by atoms with van der Waals surface area (Å²) >= 11 is 0. The van der Waals surface area contributed by atoms with Gasteiger partial charge in [-0.1, -0.05) is 66.7 Å². The van der Waals surface area contributed by atoms with E-state index in [1.54, 1.807) is 0 Å². The van der Waals surface area contributed by atoms with Crippen molar-refractivity contribution in [3.8, 4) is 22.4 Å².